The van der Waals surface area contributed by atoms with Crippen molar-refractivity contribution in [3.63, 3.8) is 0 Å². The number of rotatable bonds is 5. The molecule has 1 aromatic heterocycles. The van der Waals surface area contributed by atoms with Crippen molar-refractivity contribution >= 4 is 23.1 Å². The Morgan fingerprint density at radius 1 is 1.22 bits per heavy atom. The fraction of sp³-hybridized carbons (Fsp3) is 0.312. The Balaban J connectivity index is 2.03. The number of anilines is 1. The molecule has 1 heterocycles. The van der Waals surface area contributed by atoms with Gasteiger partial charge in [-0.1, -0.05) is 6.92 Å². The number of alkyl halides is 3. The van der Waals surface area contributed by atoms with Gasteiger partial charge in [0.05, 0.1) is 5.56 Å². The lowest BCUT2D eigenvalue weighted by molar-refractivity contribution is -0.137. The van der Waals surface area contributed by atoms with Crippen LogP contribution in [0, 0.1) is 0 Å². The Hall–Kier alpha value is -2.02. The Morgan fingerprint density at radius 3 is 2.43 bits per heavy atom. The number of benzene rings is 1. The zero-order valence-electron chi connectivity index (χ0n) is 12.6. The van der Waals surface area contributed by atoms with Gasteiger partial charge in [0.25, 0.3) is 0 Å². The first-order valence-electron chi connectivity index (χ1n) is 7.14. The molecule has 2 amide bonds. The third-order valence-corrected chi connectivity index (χ3v) is 3.93. The maximum absolute atomic E-state index is 12.5. The van der Waals surface area contributed by atoms with Gasteiger partial charge >= 0.3 is 12.2 Å². The van der Waals surface area contributed by atoms with Crippen molar-refractivity contribution < 1.29 is 18.0 Å². The number of carbonyl (C=O) groups is 1. The van der Waals surface area contributed by atoms with Gasteiger partial charge in [0.15, 0.2) is 0 Å². The molecule has 7 heteroatoms. The number of thiophene rings is 1. The predicted octanol–water partition coefficient (Wildman–Crippen LogP) is 5.21. The van der Waals surface area contributed by atoms with E-state index >= 15 is 0 Å². The van der Waals surface area contributed by atoms with Crippen LogP contribution in [0.15, 0.2) is 41.1 Å². The second-order valence-corrected chi connectivity index (χ2v) is 5.84. The van der Waals surface area contributed by atoms with Crippen LogP contribution in [-0.4, -0.2) is 17.5 Å². The molecule has 0 aliphatic rings. The molecule has 1 aromatic carbocycles. The van der Waals surface area contributed by atoms with Gasteiger partial charge in [0, 0.05) is 18.8 Å². The zero-order chi connectivity index (χ0) is 16.9. The lowest BCUT2D eigenvalue weighted by Gasteiger charge is -2.22. The van der Waals surface area contributed by atoms with Gasteiger partial charge in [-0.15, -0.1) is 0 Å². The Bertz CT molecular complexity index is 624. The average molecular weight is 342 g/mol. The summed E-state index contributed by atoms with van der Waals surface area (Å²) in [4.78, 5) is 13.9. The summed E-state index contributed by atoms with van der Waals surface area (Å²) < 4.78 is 37.6. The van der Waals surface area contributed by atoms with E-state index < -0.39 is 11.7 Å². The molecular formula is C16H17F3N2OS. The second-order valence-electron chi connectivity index (χ2n) is 5.06. The highest BCUT2D eigenvalue weighted by atomic mass is 32.1. The minimum atomic E-state index is -4.38. The Morgan fingerprint density at radius 2 is 1.91 bits per heavy atom. The van der Waals surface area contributed by atoms with Crippen LogP contribution in [-0.2, 0) is 12.7 Å². The molecule has 2 rings (SSSR count). The van der Waals surface area contributed by atoms with E-state index in [9.17, 15) is 18.0 Å². The van der Waals surface area contributed by atoms with E-state index in [-0.39, 0.29) is 6.03 Å². The lowest BCUT2D eigenvalue weighted by Crippen LogP contribution is -2.35. The van der Waals surface area contributed by atoms with E-state index in [0.29, 0.717) is 18.8 Å². The lowest BCUT2D eigenvalue weighted by atomic mass is 10.2. The van der Waals surface area contributed by atoms with Crippen molar-refractivity contribution in [2.24, 2.45) is 0 Å². The predicted molar refractivity (Wildman–Crippen MR) is 85.5 cm³/mol. The summed E-state index contributed by atoms with van der Waals surface area (Å²) in [6.45, 7) is 3.01. The molecule has 0 bridgehead atoms. The van der Waals surface area contributed by atoms with Gasteiger partial charge < -0.3 is 10.2 Å². The molecule has 124 valence electrons. The van der Waals surface area contributed by atoms with Crippen LogP contribution >= 0.6 is 11.3 Å². The van der Waals surface area contributed by atoms with Gasteiger partial charge in [-0.3, -0.25) is 0 Å². The van der Waals surface area contributed by atoms with E-state index in [1.165, 1.54) is 12.1 Å². The molecule has 0 unspecified atom stereocenters. The third kappa shape index (κ3) is 4.99. The normalized spacial score (nSPS) is 11.3. The third-order valence-electron chi connectivity index (χ3n) is 3.20. The number of hydrogen-bond acceptors (Lipinski definition) is 2. The first-order valence-corrected chi connectivity index (χ1v) is 8.08. The average Bonchev–Trinajstić information content (AvgIpc) is 2.99. The van der Waals surface area contributed by atoms with E-state index in [1.54, 1.807) is 16.2 Å². The Kier molecular flexibility index (Phi) is 5.65. The van der Waals surface area contributed by atoms with Crippen LogP contribution < -0.4 is 5.32 Å². The van der Waals surface area contributed by atoms with Crippen LogP contribution in [0.25, 0.3) is 0 Å². The number of carbonyl (C=O) groups excluding carboxylic acids is 1. The summed E-state index contributed by atoms with van der Waals surface area (Å²) in [5.74, 6) is 0. The molecule has 0 aliphatic heterocycles. The molecule has 0 saturated carbocycles. The number of nitrogens with zero attached hydrogens (tertiary/aromatic N) is 1. The summed E-state index contributed by atoms with van der Waals surface area (Å²) >= 11 is 1.55. The Labute approximate surface area is 136 Å². The van der Waals surface area contributed by atoms with Gasteiger partial charge in [0.1, 0.15) is 0 Å². The van der Waals surface area contributed by atoms with Crippen LogP contribution in [0.3, 0.4) is 0 Å². The van der Waals surface area contributed by atoms with E-state index in [2.05, 4.69) is 5.32 Å². The van der Waals surface area contributed by atoms with Crippen LogP contribution in [0.5, 0.6) is 0 Å². The monoisotopic (exact) mass is 342 g/mol. The number of hydrogen-bond donors (Lipinski definition) is 1. The quantitative estimate of drug-likeness (QED) is 0.795. The van der Waals surface area contributed by atoms with Crippen molar-refractivity contribution in [1.29, 1.82) is 0 Å². The van der Waals surface area contributed by atoms with E-state index in [1.807, 2.05) is 23.8 Å². The summed E-state index contributed by atoms with van der Waals surface area (Å²) in [6, 6.07) is 6.05. The fourth-order valence-corrected chi connectivity index (χ4v) is 2.73. The topological polar surface area (TPSA) is 32.3 Å². The minimum Gasteiger partial charge on any atom is -0.320 e. The maximum Gasteiger partial charge on any atom is 0.416 e. The molecule has 0 saturated heterocycles. The maximum atomic E-state index is 12.5. The molecule has 0 atom stereocenters. The van der Waals surface area contributed by atoms with Crippen molar-refractivity contribution in [2.45, 2.75) is 26.1 Å². The summed E-state index contributed by atoms with van der Waals surface area (Å²) in [5.41, 5.74) is 0.639. The van der Waals surface area contributed by atoms with Crippen LogP contribution in [0.4, 0.5) is 23.7 Å². The highest BCUT2D eigenvalue weighted by Gasteiger charge is 2.30. The largest absolute Gasteiger partial charge is 0.416 e. The zero-order valence-corrected chi connectivity index (χ0v) is 13.4. The van der Waals surface area contributed by atoms with Gasteiger partial charge in [-0.2, -0.15) is 24.5 Å². The molecule has 0 spiro atoms. The van der Waals surface area contributed by atoms with Gasteiger partial charge in [0.2, 0.25) is 0 Å². The molecule has 3 nitrogen and oxygen atoms in total. The van der Waals surface area contributed by atoms with Crippen molar-refractivity contribution in [2.75, 3.05) is 11.9 Å². The van der Waals surface area contributed by atoms with Crippen molar-refractivity contribution in [3.8, 4) is 0 Å². The molecule has 23 heavy (non-hydrogen) atoms. The summed E-state index contributed by atoms with van der Waals surface area (Å²) in [5, 5.41) is 6.55. The number of halogens is 3. The first kappa shape index (κ1) is 17.3. The summed E-state index contributed by atoms with van der Waals surface area (Å²) in [7, 11) is 0. The standard InChI is InChI=1S/C16H17F3N2OS/c1-2-8-21(10-12-7-9-23-11-12)15(22)20-14-5-3-13(4-6-14)16(17,18)19/h3-7,9,11H,2,8,10H2,1H3,(H,20,22). The van der Waals surface area contributed by atoms with Crippen LogP contribution in [0.1, 0.15) is 24.5 Å². The molecule has 0 radical (unpaired) electrons. The molecule has 1 N–H and O–H groups in total. The fourth-order valence-electron chi connectivity index (χ4n) is 2.07. The second kappa shape index (κ2) is 7.50. The molecule has 2 aromatic rings. The van der Waals surface area contributed by atoms with Gasteiger partial charge in [-0.25, -0.2) is 4.79 Å². The highest BCUT2D eigenvalue weighted by Crippen LogP contribution is 2.29. The molecule has 0 aliphatic carbocycles. The minimum absolute atomic E-state index is 0.321. The van der Waals surface area contributed by atoms with E-state index in [4.69, 9.17) is 0 Å². The van der Waals surface area contributed by atoms with Crippen molar-refractivity contribution in [3.05, 3.63) is 52.2 Å². The smallest absolute Gasteiger partial charge is 0.320 e. The summed E-state index contributed by atoms with van der Waals surface area (Å²) in [6.07, 6.45) is -3.58. The molecular weight excluding hydrogens is 325 g/mol. The van der Waals surface area contributed by atoms with Crippen LogP contribution in [0.2, 0.25) is 0 Å². The number of amides is 2. The number of nitrogens with one attached hydrogen (secondary N) is 1. The van der Waals surface area contributed by atoms with Crippen molar-refractivity contribution in [1.82, 2.24) is 4.90 Å². The highest BCUT2D eigenvalue weighted by molar-refractivity contribution is 7.07. The first-order chi connectivity index (χ1) is 10.9. The van der Waals surface area contributed by atoms with E-state index in [0.717, 1.165) is 24.1 Å². The molecule has 0 fully saturated rings. The van der Waals surface area contributed by atoms with Gasteiger partial charge in [-0.05, 0) is 53.1 Å². The SMILES string of the molecule is CCCN(Cc1ccsc1)C(=O)Nc1ccc(C(F)(F)F)cc1. The number of urea groups is 1.